The van der Waals surface area contributed by atoms with Gasteiger partial charge < -0.3 is 19.8 Å². The molecule has 2 aromatic rings. The molecule has 5 heteroatoms. The van der Waals surface area contributed by atoms with Gasteiger partial charge in [0.2, 0.25) is 0 Å². The average molecular weight is 287 g/mol. The normalized spacial score (nSPS) is 13.7. The zero-order chi connectivity index (χ0) is 14.7. The van der Waals surface area contributed by atoms with Gasteiger partial charge in [0.05, 0.1) is 18.4 Å². The van der Waals surface area contributed by atoms with Gasteiger partial charge in [-0.1, -0.05) is 13.8 Å². The molecule has 1 aromatic heterocycles. The SMILES string of the molecule is CC(C)CNCc1ncc(-c2ccc3c(c2)OCCO3)[nH]1. The van der Waals surface area contributed by atoms with Crippen molar-refractivity contribution in [3.63, 3.8) is 0 Å². The third-order valence-corrected chi connectivity index (χ3v) is 3.33. The molecule has 0 fully saturated rings. The summed E-state index contributed by atoms with van der Waals surface area (Å²) < 4.78 is 11.1. The van der Waals surface area contributed by atoms with Crippen molar-refractivity contribution in [2.45, 2.75) is 20.4 Å². The van der Waals surface area contributed by atoms with Gasteiger partial charge in [-0.25, -0.2) is 4.98 Å². The standard InChI is InChI=1S/C16H21N3O2/c1-11(2)8-17-10-16-18-9-13(19-16)12-3-4-14-15(7-12)21-6-5-20-14/h3-4,7,9,11,17H,5-6,8,10H2,1-2H3,(H,18,19). The number of hydrogen-bond acceptors (Lipinski definition) is 4. The summed E-state index contributed by atoms with van der Waals surface area (Å²) in [5, 5.41) is 3.38. The predicted octanol–water partition coefficient (Wildman–Crippen LogP) is 2.59. The van der Waals surface area contributed by atoms with Crippen LogP contribution < -0.4 is 14.8 Å². The second-order valence-corrected chi connectivity index (χ2v) is 5.63. The number of benzene rings is 1. The summed E-state index contributed by atoms with van der Waals surface area (Å²) >= 11 is 0. The van der Waals surface area contributed by atoms with Gasteiger partial charge in [-0.3, -0.25) is 0 Å². The molecule has 1 aliphatic rings. The first kappa shape index (κ1) is 13.9. The Kier molecular flexibility index (Phi) is 4.10. The van der Waals surface area contributed by atoms with E-state index in [9.17, 15) is 0 Å². The number of aromatic nitrogens is 2. The molecular weight excluding hydrogens is 266 g/mol. The van der Waals surface area contributed by atoms with Crippen molar-refractivity contribution in [3.05, 3.63) is 30.2 Å². The van der Waals surface area contributed by atoms with E-state index in [1.807, 2.05) is 24.4 Å². The fourth-order valence-corrected chi connectivity index (χ4v) is 2.29. The number of H-pyrrole nitrogens is 1. The van der Waals surface area contributed by atoms with Crippen molar-refractivity contribution in [1.82, 2.24) is 15.3 Å². The van der Waals surface area contributed by atoms with Crippen LogP contribution in [0.2, 0.25) is 0 Å². The van der Waals surface area contributed by atoms with Crippen LogP contribution in [-0.4, -0.2) is 29.7 Å². The van der Waals surface area contributed by atoms with Gasteiger partial charge in [-0.2, -0.15) is 0 Å². The van der Waals surface area contributed by atoms with E-state index >= 15 is 0 Å². The molecule has 0 aliphatic carbocycles. The highest BCUT2D eigenvalue weighted by molar-refractivity contribution is 5.63. The van der Waals surface area contributed by atoms with Gasteiger partial charge in [0, 0.05) is 5.56 Å². The van der Waals surface area contributed by atoms with Crippen LogP contribution in [0.4, 0.5) is 0 Å². The van der Waals surface area contributed by atoms with Crippen molar-refractivity contribution in [2.75, 3.05) is 19.8 Å². The molecule has 0 bridgehead atoms. The smallest absolute Gasteiger partial charge is 0.162 e. The molecule has 0 spiro atoms. The lowest BCUT2D eigenvalue weighted by Gasteiger charge is -2.18. The summed E-state index contributed by atoms with van der Waals surface area (Å²) in [5.41, 5.74) is 2.05. The second-order valence-electron chi connectivity index (χ2n) is 5.63. The highest BCUT2D eigenvalue weighted by Gasteiger charge is 2.13. The quantitative estimate of drug-likeness (QED) is 0.887. The van der Waals surface area contributed by atoms with E-state index in [4.69, 9.17) is 9.47 Å². The van der Waals surface area contributed by atoms with E-state index < -0.39 is 0 Å². The molecule has 112 valence electrons. The van der Waals surface area contributed by atoms with Gasteiger partial charge in [0.15, 0.2) is 11.5 Å². The first-order valence-corrected chi connectivity index (χ1v) is 7.37. The van der Waals surface area contributed by atoms with E-state index in [0.717, 1.165) is 41.7 Å². The molecule has 0 unspecified atom stereocenters. The van der Waals surface area contributed by atoms with Crippen LogP contribution in [0.3, 0.4) is 0 Å². The van der Waals surface area contributed by atoms with Crippen molar-refractivity contribution in [1.29, 1.82) is 0 Å². The molecule has 2 N–H and O–H groups in total. The van der Waals surface area contributed by atoms with Crippen molar-refractivity contribution < 1.29 is 9.47 Å². The zero-order valence-corrected chi connectivity index (χ0v) is 12.5. The van der Waals surface area contributed by atoms with E-state index in [1.165, 1.54) is 0 Å². The Morgan fingerprint density at radius 3 is 2.86 bits per heavy atom. The Labute approximate surface area is 124 Å². The highest BCUT2D eigenvalue weighted by atomic mass is 16.6. The molecule has 1 aromatic carbocycles. The van der Waals surface area contributed by atoms with Crippen LogP contribution >= 0.6 is 0 Å². The molecule has 21 heavy (non-hydrogen) atoms. The minimum absolute atomic E-state index is 0.601. The molecule has 5 nitrogen and oxygen atoms in total. The van der Waals surface area contributed by atoms with Crippen molar-refractivity contribution in [2.24, 2.45) is 5.92 Å². The fourth-order valence-electron chi connectivity index (χ4n) is 2.29. The van der Waals surface area contributed by atoms with E-state index in [1.54, 1.807) is 0 Å². The first-order valence-electron chi connectivity index (χ1n) is 7.37. The number of fused-ring (bicyclic) bond motifs is 1. The Bertz CT molecular complexity index is 607. The van der Waals surface area contributed by atoms with Gasteiger partial charge >= 0.3 is 0 Å². The molecule has 0 saturated carbocycles. The van der Waals surface area contributed by atoms with E-state index in [0.29, 0.717) is 19.1 Å². The lowest BCUT2D eigenvalue weighted by molar-refractivity contribution is 0.171. The largest absolute Gasteiger partial charge is 0.486 e. The number of ether oxygens (including phenoxy) is 2. The number of imidazole rings is 1. The predicted molar refractivity (Wildman–Crippen MR) is 81.6 cm³/mol. The molecule has 0 radical (unpaired) electrons. The number of rotatable bonds is 5. The zero-order valence-electron chi connectivity index (χ0n) is 12.5. The van der Waals surface area contributed by atoms with Gasteiger partial charge in [0.25, 0.3) is 0 Å². The monoisotopic (exact) mass is 287 g/mol. The molecule has 0 atom stereocenters. The van der Waals surface area contributed by atoms with Crippen LogP contribution in [0.25, 0.3) is 11.3 Å². The van der Waals surface area contributed by atoms with Gasteiger partial charge in [-0.15, -0.1) is 0 Å². The van der Waals surface area contributed by atoms with E-state index in [2.05, 4.69) is 29.1 Å². The summed E-state index contributed by atoms with van der Waals surface area (Å²) in [4.78, 5) is 7.75. The molecule has 2 heterocycles. The minimum Gasteiger partial charge on any atom is -0.486 e. The van der Waals surface area contributed by atoms with Crippen LogP contribution in [0.5, 0.6) is 11.5 Å². The van der Waals surface area contributed by atoms with Crippen LogP contribution in [0.15, 0.2) is 24.4 Å². The molecular formula is C16H21N3O2. The maximum atomic E-state index is 5.61. The lowest BCUT2D eigenvalue weighted by Crippen LogP contribution is -2.19. The minimum atomic E-state index is 0.601. The fraction of sp³-hybridized carbons (Fsp3) is 0.438. The summed E-state index contributed by atoms with van der Waals surface area (Å²) in [6.45, 7) is 7.33. The van der Waals surface area contributed by atoms with Crippen LogP contribution in [-0.2, 0) is 6.54 Å². The van der Waals surface area contributed by atoms with Crippen LogP contribution in [0.1, 0.15) is 19.7 Å². The average Bonchev–Trinajstić information content (AvgIpc) is 2.95. The van der Waals surface area contributed by atoms with Crippen LogP contribution in [0, 0.1) is 5.92 Å². The highest BCUT2D eigenvalue weighted by Crippen LogP contribution is 2.33. The lowest BCUT2D eigenvalue weighted by atomic mass is 10.1. The maximum absolute atomic E-state index is 5.61. The first-order chi connectivity index (χ1) is 10.2. The van der Waals surface area contributed by atoms with Crippen molar-refractivity contribution >= 4 is 0 Å². The Morgan fingerprint density at radius 1 is 1.24 bits per heavy atom. The molecule has 0 saturated heterocycles. The summed E-state index contributed by atoms with van der Waals surface area (Å²) in [7, 11) is 0. The molecule has 3 rings (SSSR count). The Morgan fingerprint density at radius 2 is 2.05 bits per heavy atom. The summed E-state index contributed by atoms with van der Waals surface area (Å²) in [6, 6.07) is 5.96. The Balaban J connectivity index is 1.71. The summed E-state index contributed by atoms with van der Waals surface area (Å²) in [6.07, 6.45) is 1.86. The third kappa shape index (κ3) is 3.36. The maximum Gasteiger partial charge on any atom is 0.162 e. The number of nitrogens with one attached hydrogen (secondary N) is 2. The number of nitrogens with zero attached hydrogens (tertiary/aromatic N) is 1. The van der Waals surface area contributed by atoms with Gasteiger partial charge in [0.1, 0.15) is 19.0 Å². The number of hydrogen-bond donors (Lipinski definition) is 2. The molecule has 1 aliphatic heterocycles. The van der Waals surface area contributed by atoms with Crippen molar-refractivity contribution in [3.8, 4) is 22.8 Å². The number of aromatic amines is 1. The van der Waals surface area contributed by atoms with E-state index in [-0.39, 0.29) is 0 Å². The second kappa shape index (κ2) is 6.18. The van der Waals surface area contributed by atoms with Gasteiger partial charge in [-0.05, 0) is 30.7 Å². The molecule has 0 amide bonds. The summed E-state index contributed by atoms with van der Waals surface area (Å²) in [5.74, 6) is 3.19. The third-order valence-electron chi connectivity index (χ3n) is 3.33. The Hall–Kier alpha value is -2.01. The topological polar surface area (TPSA) is 59.2 Å².